The number of hydrogen-bond donors (Lipinski definition) is 2. The second-order valence-corrected chi connectivity index (χ2v) is 15.9. The fourth-order valence-electron chi connectivity index (χ4n) is 6.30. The molecular weight excluding hydrogens is 663 g/mol. The minimum Gasteiger partial charge on any atom is -0.462 e. The van der Waals surface area contributed by atoms with Gasteiger partial charge < -0.3 is 19.3 Å². The third-order valence-corrected chi connectivity index (χ3v) is 10.0. The van der Waals surface area contributed by atoms with E-state index in [0.717, 1.165) is 38.5 Å². The van der Waals surface area contributed by atoms with Crippen LogP contribution in [0.5, 0.6) is 0 Å². The summed E-state index contributed by atoms with van der Waals surface area (Å²) >= 11 is 0. The summed E-state index contributed by atoms with van der Waals surface area (Å²) in [5, 5.41) is 0. The summed E-state index contributed by atoms with van der Waals surface area (Å²) in [6.45, 7) is 3.68. The molecule has 0 aliphatic rings. The predicted molar refractivity (Wildman–Crippen MR) is 212 cm³/mol. The first-order valence-corrected chi connectivity index (χ1v) is 23.0. The number of carbonyl (C=O) groups excluding carboxylic acids is 2. The molecule has 0 unspecified atom stereocenters. The highest BCUT2D eigenvalue weighted by Gasteiger charge is 2.22. The summed E-state index contributed by atoms with van der Waals surface area (Å²) in [4.78, 5) is 42.8. The topological polar surface area (TPSA) is 119 Å². The summed E-state index contributed by atoms with van der Waals surface area (Å²) in [5.74, 6) is -0.874. The van der Waals surface area contributed by atoms with Crippen molar-refractivity contribution < 1.29 is 37.9 Å². The molecule has 0 aliphatic carbocycles. The standard InChI is InChI=1S/C42H81O8P/c1-3-5-7-9-11-13-15-17-19-20-21-23-24-26-28-30-32-34-36-41(43)48-38-40(39-49-51(45,46)47)50-42(44)37-35-33-31-29-27-25-22-18-16-14-12-10-8-6-4-2/h10,12,40H,3-9,11,13-39H2,1-2H3,(H2,45,46,47)/b12-10+/t40-/m1/s1. The van der Waals surface area contributed by atoms with E-state index >= 15 is 0 Å². The van der Waals surface area contributed by atoms with E-state index in [9.17, 15) is 14.2 Å². The number of hydrogen-bond acceptors (Lipinski definition) is 6. The lowest BCUT2D eigenvalue weighted by Gasteiger charge is -2.18. The molecule has 0 aromatic heterocycles. The lowest BCUT2D eigenvalue weighted by Crippen LogP contribution is -2.29. The van der Waals surface area contributed by atoms with Crippen LogP contribution in [0, 0.1) is 0 Å². The van der Waals surface area contributed by atoms with Crippen molar-refractivity contribution in [3.05, 3.63) is 12.2 Å². The highest BCUT2D eigenvalue weighted by atomic mass is 31.2. The molecular formula is C42H81O8P. The van der Waals surface area contributed by atoms with Gasteiger partial charge in [-0.05, 0) is 32.1 Å². The third-order valence-electron chi connectivity index (χ3n) is 9.53. The Hall–Kier alpha value is -1.21. The van der Waals surface area contributed by atoms with Gasteiger partial charge in [0, 0.05) is 12.8 Å². The van der Waals surface area contributed by atoms with E-state index in [0.29, 0.717) is 6.42 Å². The maximum absolute atomic E-state index is 12.4. The van der Waals surface area contributed by atoms with E-state index in [1.54, 1.807) is 0 Å². The normalized spacial score (nSPS) is 12.5. The molecule has 0 amide bonds. The van der Waals surface area contributed by atoms with E-state index in [1.165, 1.54) is 154 Å². The number of phosphoric ester groups is 1. The van der Waals surface area contributed by atoms with Crippen LogP contribution in [0.2, 0.25) is 0 Å². The van der Waals surface area contributed by atoms with Crippen molar-refractivity contribution in [1.29, 1.82) is 0 Å². The molecule has 302 valence electrons. The lowest BCUT2D eigenvalue weighted by molar-refractivity contribution is -0.161. The Bertz CT molecular complexity index is 843. The van der Waals surface area contributed by atoms with Crippen LogP contribution in [0.3, 0.4) is 0 Å². The van der Waals surface area contributed by atoms with Gasteiger partial charge >= 0.3 is 19.8 Å². The summed E-state index contributed by atoms with van der Waals surface area (Å²) < 4.78 is 26.4. The second kappa shape index (κ2) is 38.5. The van der Waals surface area contributed by atoms with Crippen molar-refractivity contribution in [2.24, 2.45) is 0 Å². The van der Waals surface area contributed by atoms with E-state index in [-0.39, 0.29) is 19.4 Å². The van der Waals surface area contributed by atoms with E-state index in [4.69, 9.17) is 19.3 Å². The molecule has 1 atom stereocenters. The van der Waals surface area contributed by atoms with Crippen LogP contribution in [-0.2, 0) is 28.2 Å². The maximum Gasteiger partial charge on any atom is 0.469 e. The first kappa shape index (κ1) is 49.8. The van der Waals surface area contributed by atoms with Crippen molar-refractivity contribution in [3.63, 3.8) is 0 Å². The minimum absolute atomic E-state index is 0.214. The zero-order chi connectivity index (χ0) is 37.5. The summed E-state index contributed by atoms with van der Waals surface area (Å²) in [7, 11) is -4.75. The SMILES string of the molecule is CCCC/C=C/CCCCCCCCCCCC(=O)O[C@H](COC(=O)CCCCCCCCCCCCCCCCCCCC)COP(=O)(O)O. The van der Waals surface area contributed by atoms with Crippen molar-refractivity contribution in [3.8, 4) is 0 Å². The van der Waals surface area contributed by atoms with Gasteiger partial charge in [-0.25, -0.2) is 4.57 Å². The van der Waals surface area contributed by atoms with E-state index < -0.39 is 32.5 Å². The molecule has 2 N–H and O–H groups in total. The number of allylic oxidation sites excluding steroid dienone is 2. The average Bonchev–Trinajstić information content (AvgIpc) is 3.10. The molecule has 9 heteroatoms. The number of rotatable bonds is 40. The molecule has 0 saturated carbocycles. The van der Waals surface area contributed by atoms with Crippen molar-refractivity contribution in [2.45, 2.75) is 232 Å². The van der Waals surface area contributed by atoms with Gasteiger partial charge in [0.15, 0.2) is 6.10 Å². The Kier molecular flexibility index (Phi) is 37.6. The van der Waals surface area contributed by atoms with Gasteiger partial charge in [0.25, 0.3) is 0 Å². The summed E-state index contributed by atoms with van der Waals surface area (Å²) in [6, 6.07) is 0. The summed E-state index contributed by atoms with van der Waals surface area (Å²) in [5.41, 5.74) is 0. The average molecular weight is 745 g/mol. The van der Waals surface area contributed by atoms with E-state index in [1.807, 2.05) is 0 Å². The monoisotopic (exact) mass is 745 g/mol. The highest BCUT2D eigenvalue weighted by molar-refractivity contribution is 7.46. The molecule has 0 aromatic carbocycles. The van der Waals surface area contributed by atoms with E-state index in [2.05, 4.69) is 30.5 Å². The number of esters is 2. The molecule has 51 heavy (non-hydrogen) atoms. The first-order chi connectivity index (χ1) is 24.8. The molecule has 0 radical (unpaired) electrons. The lowest BCUT2D eigenvalue weighted by atomic mass is 10.0. The first-order valence-electron chi connectivity index (χ1n) is 21.5. The molecule has 0 rings (SSSR count). The van der Waals surface area contributed by atoms with Crippen molar-refractivity contribution in [2.75, 3.05) is 13.2 Å². The largest absolute Gasteiger partial charge is 0.469 e. The van der Waals surface area contributed by atoms with Gasteiger partial charge in [0.1, 0.15) is 6.61 Å². The van der Waals surface area contributed by atoms with Crippen LogP contribution in [0.4, 0.5) is 0 Å². The maximum atomic E-state index is 12.4. The Morgan fingerprint density at radius 2 is 0.843 bits per heavy atom. The minimum atomic E-state index is -4.75. The van der Waals surface area contributed by atoms with Gasteiger partial charge in [-0.15, -0.1) is 0 Å². The molecule has 0 fully saturated rings. The summed E-state index contributed by atoms with van der Waals surface area (Å²) in [6.07, 6.45) is 42.2. The molecule has 0 saturated heterocycles. The van der Waals surface area contributed by atoms with Crippen molar-refractivity contribution in [1.82, 2.24) is 0 Å². The van der Waals surface area contributed by atoms with Crippen LogP contribution in [-0.4, -0.2) is 41.0 Å². The smallest absolute Gasteiger partial charge is 0.462 e. The molecule has 0 aliphatic heterocycles. The molecule has 0 bridgehead atoms. The number of phosphoric acid groups is 1. The number of carbonyl (C=O) groups is 2. The zero-order valence-electron chi connectivity index (χ0n) is 33.3. The Labute approximate surface area is 314 Å². The fourth-order valence-corrected chi connectivity index (χ4v) is 6.66. The van der Waals surface area contributed by atoms with Crippen LogP contribution in [0.25, 0.3) is 0 Å². The highest BCUT2D eigenvalue weighted by Crippen LogP contribution is 2.36. The Morgan fingerprint density at radius 1 is 0.490 bits per heavy atom. The molecule has 0 heterocycles. The van der Waals surface area contributed by atoms with Crippen molar-refractivity contribution >= 4 is 19.8 Å². The Morgan fingerprint density at radius 3 is 1.25 bits per heavy atom. The van der Waals surface area contributed by atoms with Crippen LogP contribution in [0.1, 0.15) is 226 Å². The quantitative estimate of drug-likeness (QED) is 0.0275. The van der Waals surface area contributed by atoms with Gasteiger partial charge in [0.05, 0.1) is 6.61 Å². The number of ether oxygens (including phenoxy) is 2. The van der Waals surface area contributed by atoms with Gasteiger partial charge in [-0.3, -0.25) is 14.1 Å². The Balaban J connectivity index is 3.85. The molecule has 0 spiro atoms. The molecule has 8 nitrogen and oxygen atoms in total. The fraction of sp³-hybridized carbons (Fsp3) is 0.905. The van der Waals surface area contributed by atoms with Gasteiger partial charge in [-0.1, -0.05) is 193 Å². The van der Waals surface area contributed by atoms with Crippen LogP contribution >= 0.6 is 7.82 Å². The van der Waals surface area contributed by atoms with Crippen LogP contribution < -0.4 is 0 Å². The van der Waals surface area contributed by atoms with Crippen LogP contribution in [0.15, 0.2) is 12.2 Å². The van der Waals surface area contributed by atoms with Gasteiger partial charge in [0.2, 0.25) is 0 Å². The number of unbranched alkanes of at least 4 members (excludes halogenated alkanes) is 28. The molecule has 0 aromatic rings. The third kappa shape index (κ3) is 41.4. The second-order valence-electron chi connectivity index (χ2n) is 14.7. The van der Waals surface area contributed by atoms with Gasteiger partial charge in [-0.2, -0.15) is 0 Å². The zero-order valence-corrected chi connectivity index (χ0v) is 34.2. The predicted octanol–water partition coefficient (Wildman–Crippen LogP) is 13.0.